The Balaban J connectivity index is 1.75. The predicted molar refractivity (Wildman–Crippen MR) is 86.7 cm³/mol. The van der Waals surface area contributed by atoms with Crippen molar-refractivity contribution in [2.24, 2.45) is 11.8 Å². The second kappa shape index (κ2) is 5.63. The predicted octanol–water partition coefficient (Wildman–Crippen LogP) is 4.70. The molecule has 0 aromatic heterocycles. The van der Waals surface area contributed by atoms with Crippen molar-refractivity contribution < 1.29 is 25.8 Å². The van der Waals surface area contributed by atoms with Crippen LogP contribution >= 0.6 is 0 Å². The average molecular weight is 374 g/mol. The largest absolute Gasteiger partial charge is 0.534 e. The molecule has 0 N–H and O–H groups in total. The monoisotopic (exact) mass is 374 g/mol. The van der Waals surface area contributed by atoms with Gasteiger partial charge in [-0.3, -0.25) is 0 Å². The average Bonchev–Trinajstić information content (AvgIpc) is 2.54. The van der Waals surface area contributed by atoms with E-state index in [1.54, 1.807) is 12.1 Å². The van der Waals surface area contributed by atoms with Gasteiger partial charge >= 0.3 is 15.6 Å². The third-order valence-electron chi connectivity index (χ3n) is 6.45. The van der Waals surface area contributed by atoms with E-state index in [0.29, 0.717) is 11.8 Å². The molecule has 0 radical (unpaired) electrons. The third kappa shape index (κ3) is 2.66. The topological polar surface area (TPSA) is 43.4 Å². The van der Waals surface area contributed by atoms with Gasteiger partial charge < -0.3 is 4.18 Å². The minimum Gasteiger partial charge on any atom is -0.376 e. The highest BCUT2D eigenvalue weighted by Crippen LogP contribution is 2.59. The van der Waals surface area contributed by atoms with E-state index in [9.17, 15) is 21.6 Å². The van der Waals surface area contributed by atoms with Crippen LogP contribution in [0, 0.1) is 11.8 Å². The Bertz CT molecular complexity index is 783. The van der Waals surface area contributed by atoms with E-state index in [1.165, 1.54) is 18.9 Å². The van der Waals surface area contributed by atoms with Gasteiger partial charge in [-0.2, -0.15) is 21.6 Å². The molecule has 2 saturated carbocycles. The van der Waals surface area contributed by atoms with Crippen LogP contribution in [-0.2, 0) is 22.0 Å². The lowest BCUT2D eigenvalue weighted by atomic mass is 9.49. The molecule has 1 aromatic carbocycles. The quantitative estimate of drug-likeness (QED) is 0.557. The SMILES string of the molecule is O=S(=O)(Oc1ccc2c(c1)[C@@]13CCCCC1[C@H](CCC3)C2)C(F)(F)F. The molecule has 0 spiro atoms. The van der Waals surface area contributed by atoms with E-state index in [2.05, 4.69) is 4.18 Å². The summed E-state index contributed by atoms with van der Waals surface area (Å²) in [7, 11) is -5.63. The fourth-order valence-corrected chi connectivity index (χ4v) is 6.01. The molecular formula is C18H21F3O3S. The van der Waals surface area contributed by atoms with E-state index in [-0.39, 0.29) is 11.2 Å². The molecule has 0 amide bonds. The zero-order valence-corrected chi connectivity index (χ0v) is 14.6. The molecule has 2 fully saturated rings. The van der Waals surface area contributed by atoms with Crippen LogP contribution in [0.2, 0.25) is 0 Å². The smallest absolute Gasteiger partial charge is 0.376 e. The van der Waals surface area contributed by atoms with Gasteiger partial charge in [0.2, 0.25) is 0 Å². The minimum absolute atomic E-state index is 0.00385. The van der Waals surface area contributed by atoms with Crippen molar-refractivity contribution in [3.8, 4) is 5.75 Å². The van der Waals surface area contributed by atoms with E-state index in [1.807, 2.05) is 0 Å². The van der Waals surface area contributed by atoms with Crippen molar-refractivity contribution in [2.75, 3.05) is 0 Å². The van der Waals surface area contributed by atoms with E-state index in [4.69, 9.17) is 0 Å². The first-order valence-corrected chi connectivity index (χ1v) is 10.3. The third-order valence-corrected chi connectivity index (χ3v) is 7.43. The van der Waals surface area contributed by atoms with Crippen LogP contribution in [-0.4, -0.2) is 13.9 Å². The van der Waals surface area contributed by atoms with Crippen molar-refractivity contribution in [1.82, 2.24) is 0 Å². The molecule has 3 atom stereocenters. The zero-order valence-electron chi connectivity index (χ0n) is 13.8. The molecule has 3 aliphatic carbocycles. The second-order valence-corrected chi connectivity index (χ2v) is 9.20. The molecule has 3 nitrogen and oxygen atoms in total. The summed E-state index contributed by atoms with van der Waals surface area (Å²) in [5, 5.41) is 0. The zero-order chi connectivity index (χ0) is 17.9. The normalized spacial score (nSPS) is 31.8. The van der Waals surface area contributed by atoms with Crippen LogP contribution in [0.25, 0.3) is 0 Å². The number of benzene rings is 1. The number of hydrogen-bond acceptors (Lipinski definition) is 3. The highest BCUT2D eigenvalue weighted by Gasteiger charge is 2.52. The number of hydrogen-bond donors (Lipinski definition) is 0. The molecule has 1 unspecified atom stereocenters. The Morgan fingerprint density at radius 3 is 2.60 bits per heavy atom. The highest BCUT2D eigenvalue weighted by molar-refractivity contribution is 7.88. The molecule has 7 heteroatoms. The fraction of sp³-hybridized carbons (Fsp3) is 0.667. The highest BCUT2D eigenvalue weighted by atomic mass is 32.2. The molecule has 2 bridgehead atoms. The number of fused-ring (bicyclic) bond motifs is 1. The molecule has 1 aromatic rings. The van der Waals surface area contributed by atoms with E-state index in [0.717, 1.165) is 49.7 Å². The second-order valence-electron chi connectivity index (χ2n) is 7.67. The minimum atomic E-state index is -5.63. The lowest BCUT2D eigenvalue weighted by Gasteiger charge is -2.55. The number of alkyl halides is 3. The van der Waals surface area contributed by atoms with Crippen LogP contribution in [0.4, 0.5) is 13.2 Å². The summed E-state index contributed by atoms with van der Waals surface area (Å²) < 4.78 is 64.9. The number of rotatable bonds is 2. The molecule has 0 aliphatic heterocycles. The summed E-state index contributed by atoms with van der Waals surface area (Å²) in [4.78, 5) is 0. The van der Waals surface area contributed by atoms with Gasteiger partial charge in [0.1, 0.15) is 5.75 Å². The maximum atomic E-state index is 12.6. The van der Waals surface area contributed by atoms with Crippen LogP contribution in [0.15, 0.2) is 18.2 Å². The Kier molecular flexibility index (Phi) is 3.87. The molecule has 3 aliphatic rings. The molecule has 138 valence electrons. The Morgan fingerprint density at radius 1 is 1.08 bits per heavy atom. The van der Waals surface area contributed by atoms with Gasteiger partial charge in [0.25, 0.3) is 0 Å². The molecule has 4 rings (SSSR count). The summed E-state index contributed by atoms with van der Waals surface area (Å²) >= 11 is 0. The van der Waals surface area contributed by atoms with Gasteiger partial charge in [-0.1, -0.05) is 25.3 Å². The molecular weight excluding hydrogens is 353 g/mol. The Hall–Kier alpha value is -1.24. The van der Waals surface area contributed by atoms with Crippen LogP contribution < -0.4 is 4.18 Å². The Morgan fingerprint density at radius 2 is 1.84 bits per heavy atom. The molecule has 25 heavy (non-hydrogen) atoms. The lowest BCUT2D eigenvalue weighted by molar-refractivity contribution is -0.0500. The van der Waals surface area contributed by atoms with Gasteiger partial charge in [-0.25, -0.2) is 0 Å². The standard InChI is InChI=1S/C18H21F3O3S/c19-18(20,21)25(22,23)24-14-7-6-13-10-12-4-3-9-17(16(13)11-14)8-2-1-5-15(12)17/h6-7,11-12,15H,1-5,8-10H2/t12-,15?,17-/m1/s1. The van der Waals surface area contributed by atoms with Crippen LogP contribution in [0.3, 0.4) is 0 Å². The fourth-order valence-electron chi connectivity index (χ4n) is 5.56. The summed E-state index contributed by atoms with van der Waals surface area (Å²) in [6.45, 7) is 0. The first-order valence-electron chi connectivity index (χ1n) is 8.87. The van der Waals surface area contributed by atoms with Crippen LogP contribution in [0.5, 0.6) is 5.75 Å². The molecule has 0 heterocycles. The maximum Gasteiger partial charge on any atom is 0.534 e. The summed E-state index contributed by atoms with van der Waals surface area (Å²) in [6, 6.07) is 4.69. The first-order chi connectivity index (χ1) is 11.7. The van der Waals surface area contributed by atoms with Gasteiger partial charge in [-0.05, 0) is 72.6 Å². The lowest BCUT2D eigenvalue weighted by Crippen LogP contribution is -2.49. The van der Waals surface area contributed by atoms with Crippen molar-refractivity contribution in [3.63, 3.8) is 0 Å². The molecule has 0 saturated heterocycles. The summed E-state index contributed by atoms with van der Waals surface area (Å²) in [5.41, 5.74) is -3.23. The van der Waals surface area contributed by atoms with Gasteiger partial charge in [0.15, 0.2) is 0 Å². The van der Waals surface area contributed by atoms with Gasteiger partial charge in [0, 0.05) is 0 Å². The van der Waals surface area contributed by atoms with Crippen molar-refractivity contribution >= 4 is 10.1 Å². The Labute approximate surface area is 145 Å². The summed E-state index contributed by atoms with van der Waals surface area (Å²) in [5.74, 6) is 0.989. The maximum absolute atomic E-state index is 12.6. The van der Waals surface area contributed by atoms with Crippen LogP contribution in [0.1, 0.15) is 56.1 Å². The van der Waals surface area contributed by atoms with Crippen molar-refractivity contribution in [1.29, 1.82) is 0 Å². The first kappa shape index (κ1) is 17.2. The van der Waals surface area contributed by atoms with E-state index >= 15 is 0 Å². The van der Waals surface area contributed by atoms with Crippen molar-refractivity contribution in [2.45, 2.75) is 62.3 Å². The van der Waals surface area contributed by atoms with Gasteiger partial charge in [-0.15, -0.1) is 0 Å². The van der Waals surface area contributed by atoms with Gasteiger partial charge in [0.05, 0.1) is 0 Å². The van der Waals surface area contributed by atoms with E-state index < -0.39 is 15.6 Å². The summed E-state index contributed by atoms with van der Waals surface area (Å²) in [6.07, 6.45) is 8.85. The number of halogens is 3. The van der Waals surface area contributed by atoms with Crippen molar-refractivity contribution in [3.05, 3.63) is 29.3 Å².